The maximum absolute atomic E-state index is 12.0. The summed E-state index contributed by atoms with van der Waals surface area (Å²) in [6.45, 7) is 6.47. The minimum absolute atomic E-state index is 0.0781. The second kappa shape index (κ2) is 5.27. The molecule has 1 aliphatic rings. The van der Waals surface area contributed by atoms with Gasteiger partial charge in [0.1, 0.15) is 17.0 Å². The molecule has 1 aliphatic heterocycles. The standard InChI is InChI=1S/C13H21N5O3/c1-13(2,3)21-12(20)17-5-4-8(7-17)18-10(14)9(6-16-18)11(15)19/h6,8H,4-5,7,14H2,1-3H3,(H2,15,19)/t8-/m0/s1. The number of ether oxygens (including phenoxy) is 1. The third kappa shape index (κ3) is 3.26. The maximum atomic E-state index is 12.0. The van der Waals surface area contributed by atoms with E-state index in [9.17, 15) is 9.59 Å². The highest BCUT2D eigenvalue weighted by molar-refractivity contribution is 5.96. The Hall–Kier alpha value is -2.25. The van der Waals surface area contributed by atoms with E-state index in [-0.39, 0.29) is 23.5 Å². The topological polar surface area (TPSA) is 116 Å². The Morgan fingerprint density at radius 1 is 1.43 bits per heavy atom. The number of nitrogen functional groups attached to an aromatic ring is 1. The number of nitrogens with zero attached hydrogens (tertiary/aromatic N) is 3. The van der Waals surface area contributed by atoms with Crippen LogP contribution in [0.3, 0.4) is 0 Å². The molecule has 1 aromatic rings. The van der Waals surface area contributed by atoms with E-state index in [0.717, 1.165) is 0 Å². The molecule has 0 saturated carbocycles. The smallest absolute Gasteiger partial charge is 0.410 e. The number of hydrogen-bond acceptors (Lipinski definition) is 5. The molecular weight excluding hydrogens is 274 g/mol. The lowest BCUT2D eigenvalue weighted by Gasteiger charge is -2.24. The van der Waals surface area contributed by atoms with Crippen LogP contribution in [0, 0.1) is 0 Å². The highest BCUT2D eigenvalue weighted by atomic mass is 16.6. The van der Waals surface area contributed by atoms with Crippen LogP contribution in [-0.4, -0.2) is 45.4 Å². The van der Waals surface area contributed by atoms with Gasteiger partial charge in [-0.1, -0.05) is 0 Å². The van der Waals surface area contributed by atoms with Gasteiger partial charge in [0.2, 0.25) is 0 Å². The first-order valence-corrected chi connectivity index (χ1v) is 6.80. The van der Waals surface area contributed by atoms with Gasteiger partial charge in [-0.25, -0.2) is 9.48 Å². The third-order valence-corrected chi connectivity index (χ3v) is 3.26. The zero-order chi connectivity index (χ0) is 15.8. The van der Waals surface area contributed by atoms with Gasteiger partial charge in [-0.15, -0.1) is 0 Å². The minimum atomic E-state index is -0.610. The molecule has 1 atom stereocenters. The molecule has 2 rings (SSSR count). The summed E-state index contributed by atoms with van der Waals surface area (Å²) in [4.78, 5) is 24.8. The molecule has 0 radical (unpaired) electrons. The van der Waals surface area contributed by atoms with Gasteiger partial charge in [-0.05, 0) is 27.2 Å². The fourth-order valence-corrected chi connectivity index (χ4v) is 2.29. The van der Waals surface area contributed by atoms with E-state index in [4.69, 9.17) is 16.2 Å². The molecule has 0 unspecified atom stereocenters. The zero-order valence-electron chi connectivity index (χ0n) is 12.5. The van der Waals surface area contributed by atoms with Crippen molar-refractivity contribution in [2.24, 2.45) is 5.73 Å². The third-order valence-electron chi connectivity index (χ3n) is 3.26. The number of hydrogen-bond donors (Lipinski definition) is 2. The number of anilines is 1. The van der Waals surface area contributed by atoms with E-state index in [1.165, 1.54) is 6.20 Å². The van der Waals surface area contributed by atoms with Crippen LogP contribution < -0.4 is 11.5 Å². The fourth-order valence-electron chi connectivity index (χ4n) is 2.29. The van der Waals surface area contributed by atoms with Gasteiger partial charge in [0.25, 0.3) is 5.91 Å². The number of rotatable bonds is 2. The fraction of sp³-hybridized carbons (Fsp3) is 0.615. The van der Waals surface area contributed by atoms with Crippen molar-refractivity contribution in [3.63, 3.8) is 0 Å². The average Bonchev–Trinajstić information content (AvgIpc) is 2.92. The van der Waals surface area contributed by atoms with Gasteiger partial charge in [-0.3, -0.25) is 4.79 Å². The van der Waals surface area contributed by atoms with E-state index >= 15 is 0 Å². The largest absolute Gasteiger partial charge is 0.444 e. The summed E-state index contributed by atoms with van der Waals surface area (Å²) in [7, 11) is 0. The van der Waals surface area contributed by atoms with Crippen LogP contribution in [-0.2, 0) is 4.74 Å². The van der Waals surface area contributed by atoms with Crippen molar-refractivity contribution < 1.29 is 14.3 Å². The van der Waals surface area contributed by atoms with Crippen LogP contribution in [0.5, 0.6) is 0 Å². The molecule has 8 heteroatoms. The van der Waals surface area contributed by atoms with Crippen LogP contribution >= 0.6 is 0 Å². The van der Waals surface area contributed by atoms with Crippen LogP contribution in [0.1, 0.15) is 43.6 Å². The highest BCUT2D eigenvalue weighted by Crippen LogP contribution is 2.26. The van der Waals surface area contributed by atoms with Crippen molar-refractivity contribution in [2.75, 3.05) is 18.8 Å². The van der Waals surface area contributed by atoms with E-state index in [1.54, 1.807) is 9.58 Å². The molecule has 0 bridgehead atoms. The lowest BCUT2D eigenvalue weighted by Crippen LogP contribution is -2.35. The lowest BCUT2D eigenvalue weighted by molar-refractivity contribution is 0.0288. The lowest BCUT2D eigenvalue weighted by atomic mass is 10.2. The molecule has 8 nitrogen and oxygen atoms in total. The Morgan fingerprint density at radius 2 is 2.10 bits per heavy atom. The molecule has 1 saturated heterocycles. The Bertz CT molecular complexity index is 561. The quantitative estimate of drug-likeness (QED) is 0.834. The Morgan fingerprint density at radius 3 is 2.62 bits per heavy atom. The average molecular weight is 295 g/mol. The summed E-state index contributed by atoms with van der Waals surface area (Å²) in [6, 6.07) is -0.0781. The van der Waals surface area contributed by atoms with Gasteiger partial charge in [0, 0.05) is 13.1 Å². The van der Waals surface area contributed by atoms with Crippen LogP contribution in [0.4, 0.5) is 10.6 Å². The molecule has 2 amide bonds. The van der Waals surface area contributed by atoms with Crippen molar-refractivity contribution in [1.29, 1.82) is 0 Å². The molecule has 2 heterocycles. The number of aromatic nitrogens is 2. The summed E-state index contributed by atoms with van der Waals surface area (Å²) in [5, 5.41) is 4.10. The van der Waals surface area contributed by atoms with E-state index in [2.05, 4.69) is 5.10 Å². The number of likely N-dealkylation sites (tertiary alicyclic amines) is 1. The van der Waals surface area contributed by atoms with Gasteiger partial charge < -0.3 is 21.1 Å². The zero-order valence-corrected chi connectivity index (χ0v) is 12.5. The van der Waals surface area contributed by atoms with E-state index < -0.39 is 11.5 Å². The summed E-state index contributed by atoms with van der Waals surface area (Å²) < 4.78 is 6.88. The van der Waals surface area contributed by atoms with Gasteiger partial charge in [-0.2, -0.15) is 5.10 Å². The monoisotopic (exact) mass is 295 g/mol. The van der Waals surface area contributed by atoms with Crippen LogP contribution in [0.15, 0.2) is 6.20 Å². The second-order valence-corrected chi connectivity index (χ2v) is 6.12. The van der Waals surface area contributed by atoms with Crippen molar-refractivity contribution >= 4 is 17.8 Å². The van der Waals surface area contributed by atoms with Crippen molar-refractivity contribution in [1.82, 2.24) is 14.7 Å². The molecule has 0 aromatic carbocycles. The number of amides is 2. The Balaban J connectivity index is 2.06. The van der Waals surface area contributed by atoms with Crippen molar-refractivity contribution in [3.8, 4) is 0 Å². The molecule has 0 spiro atoms. The van der Waals surface area contributed by atoms with Crippen molar-refractivity contribution in [2.45, 2.75) is 38.8 Å². The van der Waals surface area contributed by atoms with Gasteiger partial charge in [0.05, 0.1) is 12.2 Å². The first-order valence-electron chi connectivity index (χ1n) is 6.80. The van der Waals surface area contributed by atoms with Gasteiger partial charge in [0.15, 0.2) is 0 Å². The van der Waals surface area contributed by atoms with Crippen molar-refractivity contribution in [3.05, 3.63) is 11.8 Å². The first-order chi connectivity index (χ1) is 9.69. The number of primary amides is 1. The molecular formula is C13H21N5O3. The molecule has 116 valence electrons. The molecule has 21 heavy (non-hydrogen) atoms. The molecule has 0 aliphatic carbocycles. The minimum Gasteiger partial charge on any atom is -0.444 e. The van der Waals surface area contributed by atoms with Gasteiger partial charge >= 0.3 is 6.09 Å². The van der Waals surface area contributed by atoms with E-state index in [1.807, 2.05) is 20.8 Å². The van der Waals surface area contributed by atoms with Crippen LogP contribution in [0.2, 0.25) is 0 Å². The predicted molar refractivity (Wildman–Crippen MR) is 76.6 cm³/mol. The van der Waals surface area contributed by atoms with E-state index in [0.29, 0.717) is 19.5 Å². The Labute approximate surface area is 123 Å². The Kier molecular flexibility index (Phi) is 3.80. The molecule has 4 N–H and O–H groups in total. The summed E-state index contributed by atoms with van der Waals surface area (Å²) in [5.74, 6) is -0.376. The number of carbonyl (C=O) groups is 2. The second-order valence-electron chi connectivity index (χ2n) is 6.12. The summed E-state index contributed by atoms with van der Waals surface area (Å²) in [6.07, 6.45) is 1.70. The predicted octanol–water partition coefficient (Wildman–Crippen LogP) is 0.746. The highest BCUT2D eigenvalue weighted by Gasteiger charge is 2.32. The number of carbonyl (C=O) groups excluding carboxylic acids is 2. The SMILES string of the molecule is CC(C)(C)OC(=O)N1CC[C@H](n2ncc(C(N)=O)c2N)C1. The normalized spacial score (nSPS) is 18.8. The summed E-state index contributed by atoms with van der Waals surface area (Å²) >= 11 is 0. The maximum Gasteiger partial charge on any atom is 0.410 e. The summed E-state index contributed by atoms with van der Waals surface area (Å²) in [5.41, 5.74) is 10.8. The molecule has 1 fully saturated rings. The molecule has 1 aromatic heterocycles. The first kappa shape index (κ1) is 15.1. The number of nitrogens with two attached hydrogens (primary N) is 2. The van der Waals surface area contributed by atoms with Crippen LogP contribution in [0.25, 0.3) is 0 Å².